The minimum absolute atomic E-state index is 0.0221. The van der Waals surface area contributed by atoms with Crippen molar-refractivity contribution < 1.29 is 14.7 Å². The summed E-state index contributed by atoms with van der Waals surface area (Å²) < 4.78 is 0. The minimum atomic E-state index is -0.782. The Bertz CT molecular complexity index is 496. The molecule has 1 aliphatic rings. The first-order valence-corrected chi connectivity index (χ1v) is 7.29. The van der Waals surface area contributed by atoms with E-state index in [-0.39, 0.29) is 33.6 Å². The van der Waals surface area contributed by atoms with E-state index in [2.05, 4.69) is 10.3 Å². The highest BCUT2D eigenvalue weighted by Gasteiger charge is 2.30. The molecule has 0 spiro atoms. The largest absolute Gasteiger partial charge is 0.481 e. The van der Waals surface area contributed by atoms with Crippen LogP contribution in [0.2, 0.25) is 10.2 Å². The molecule has 2 rings (SSSR count). The maximum absolute atomic E-state index is 11.9. The lowest BCUT2D eigenvalue weighted by Crippen LogP contribution is -2.37. The van der Waals surface area contributed by atoms with Crippen LogP contribution in [0.4, 0.5) is 0 Å². The van der Waals surface area contributed by atoms with Crippen molar-refractivity contribution in [1.82, 2.24) is 10.3 Å². The molecule has 1 aromatic rings. The summed E-state index contributed by atoms with van der Waals surface area (Å²) in [6.07, 6.45) is 3.44. The number of carbonyl (C=O) groups is 2. The number of H-pyrrole nitrogens is 1. The molecule has 1 amide bonds. The van der Waals surface area contributed by atoms with Crippen LogP contribution < -0.4 is 5.32 Å². The Morgan fingerprint density at radius 3 is 2.65 bits per heavy atom. The highest BCUT2D eigenvalue weighted by atomic mass is 35.5. The minimum Gasteiger partial charge on any atom is -0.481 e. The molecule has 20 heavy (non-hydrogen) atoms. The van der Waals surface area contributed by atoms with Crippen molar-refractivity contribution in [2.75, 3.05) is 6.54 Å². The Labute approximate surface area is 126 Å². The van der Waals surface area contributed by atoms with E-state index in [0.29, 0.717) is 13.0 Å². The molecule has 0 aliphatic heterocycles. The zero-order valence-electron chi connectivity index (χ0n) is 10.8. The molecule has 7 heteroatoms. The summed E-state index contributed by atoms with van der Waals surface area (Å²) in [5.41, 5.74) is 0.280. The van der Waals surface area contributed by atoms with Gasteiger partial charge < -0.3 is 15.4 Å². The molecule has 1 heterocycles. The highest BCUT2D eigenvalue weighted by molar-refractivity contribution is 6.41. The van der Waals surface area contributed by atoms with Crippen molar-refractivity contribution in [2.24, 2.45) is 11.8 Å². The number of carboxylic acid groups (broad SMARTS) is 1. The summed E-state index contributed by atoms with van der Waals surface area (Å²) in [7, 11) is 0. The monoisotopic (exact) mass is 318 g/mol. The third kappa shape index (κ3) is 3.46. The van der Waals surface area contributed by atoms with Crippen molar-refractivity contribution in [1.29, 1.82) is 0 Å². The van der Waals surface area contributed by atoms with Crippen molar-refractivity contribution in [3.05, 3.63) is 21.9 Å². The molecule has 0 bridgehead atoms. The normalized spacial score (nSPS) is 22.5. The van der Waals surface area contributed by atoms with E-state index in [4.69, 9.17) is 23.2 Å². The summed E-state index contributed by atoms with van der Waals surface area (Å²) in [4.78, 5) is 25.8. The predicted molar refractivity (Wildman–Crippen MR) is 76.2 cm³/mol. The van der Waals surface area contributed by atoms with Crippen LogP contribution in [0, 0.1) is 11.8 Å². The van der Waals surface area contributed by atoms with E-state index in [9.17, 15) is 14.7 Å². The number of nitrogens with one attached hydrogen (secondary N) is 2. The fourth-order valence-corrected chi connectivity index (χ4v) is 2.94. The number of aliphatic carboxylic acids is 1. The van der Waals surface area contributed by atoms with Gasteiger partial charge in [-0.1, -0.05) is 36.0 Å². The smallest absolute Gasteiger partial charge is 0.306 e. The fraction of sp³-hybridized carbons (Fsp3) is 0.538. The van der Waals surface area contributed by atoms with Gasteiger partial charge in [0.05, 0.1) is 10.9 Å². The lowest BCUT2D eigenvalue weighted by Gasteiger charge is -2.28. The van der Waals surface area contributed by atoms with Gasteiger partial charge in [-0.3, -0.25) is 9.59 Å². The van der Waals surface area contributed by atoms with Gasteiger partial charge in [0, 0.05) is 6.54 Å². The molecule has 5 nitrogen and oxygen atoms in total. The van der Waals surface area contributed by atoms with Crippen molar-refractivity contribution in [2.45, 2.75) is 25.7 Å². The number of aromatic amines is 1. The van der Waals surface area contributed by atoms with Crippen LogP contribution in [-0.4, -0.2) is 28.5 Å². The predicted octanol–water partition coefficient (Wildman–Crippen LogP) is 2.94. The van der Waals surface area contributed by atoms with Crippen LogP contribution in [0.1, 0.15) is 36.2 Å². The summed E-state index contributed by atoms with van der Waals surface area (Å²) >= 11 is 11.5. The number of aromatic nitrogens is 1. The van der Waals surface area contributed by atoms with Crippen LogP contribution in [0.25, 0.3) is 0 Å². The first kappa shape index (κ1) is 15.2. The number of rotatable bonds is 4. The Morgan fingerprint density at radius 1 is 1.35 bits per heavy atom. The maximum atomic E-state index is 11.9. The first-order valence-electron chi connectivity index (χ1n) is 6.54. The van der Waals surface area contributed by atoms with Crippen molar-refractivity contribution in [3.8, 4) is 0 Å². The molecule has 0 radical (unpaired) electrons. The van der Waals surface area contributed by atoms with Crippen molar-refractivity contribution >= 4 is 35.1 Å². The van der Waals surface area contributed by atoms with Crippen LogP contribution in [0.5, 0.6) is 0 Å². The van der Waals surface area contributed by atoms with E-state index in [1.165, 1.54) is 6.07 Å². The molecular formula is C13H16Cl2N2O3. The van der Waals surface area contributed by atoms with E-state index in [1.807, 2.05) is 0 Å². The Morgan fingerprint density at radius 2 is 2.05 bits per heavy atom. The Hall–Kier alpha value is -1.20. The van der Waals surface area contributed by atoms with Crippen LogP contribution in [0.15, 0.2) is 6.07 Å². The van der Waals surface area contributed by atoms with Crippen LogP contribution in [0.3, 0.4) is 0 Å². The van der Waals surface area contributed by atoms with E-state index in [1.54, 1.807) is 0 Å². The summed E-state index contributed by atoms with van der Waals surface area (Å²) in [6, 6.07) is 1.45. The number of carbonyl (C=O) groups excluding carboxylic acids is 1. The summed E-state index contributed by atoms with van der Waals surface area (Å²) in [5, 5.41) is 12.4. The van der Waals surface area contributed by atoms with Crippen LogP contribution in [-0.2, 0) is 4.79 Å². The lowest BCUT2D eigenvalue weighted by molar-refractivity contribution is -0.144. The second kappa shape index (κ2) is 6.50. The molecule has 1 aromatic heterocycles. The number of amides is 1. The van der Waals surface area contributed by atoms with Gasteiger partial charge in [-0.25, -0.2) is 0 Å². The van der Waals surface area contributed by atoms with Crippen molar-refractivity contribution in [3.63, 3.8) is 0 Å². The summed E-state index contributed by atoms with van der Waals surface area (Å²) in [5.74, 6) is -1.51. The highest BCUT2D eigenvalue weighted by Crippen LogP contribution is 2.30. The molecule has 1 aliphatic carbocycles. The molecular weight excluding hydrogens is 303 g/mol. The van der Waals surface area contributed by atoms with Gasteiger partial charge in [-0.15, -0.1) is 0 Å². The van der Waals surface area contributed by atoms with Gasteiger partial charge in [-0.2, -0.15) is 0 Å². The number of hydrogen-bond donors (Lipinski definition) is 3. The van der Waals surface area contributed by atoms with Gasteiger partial charge in [-0.05, 0) is 24.8 Å². The average Bonchev–Trinajstić information content (AvgIpc) is 2.76. The molecule has 3 N–H and O–H groups in total. The molecule has 1 saturated carbocycles. The number of halogens is 2. The van der Waals surface area contributed by atoms with E-state index in [0.717, 1.165) is 19.3 Å². The third-order valence-corrected chi connectivity index (χ3v) is 4.41. The van der Waals surface area contributed by atoms with Gasteiger partial charge in [0.2, 0.25) is 0 Å². The van der Waals surface area contributed by atoms with Gasteiger partial charge in [0.1, 0.15) is 10.8 Å². The zero-order chi connectivity index (χ0) is 14.7. The molecule has 110 valence electrons. The molecule has 0 aromatic carbocycles. The maximum Gasteiger partial charge on any atom is 0.306 e. The van der Waals surface area contributed by atoms with Gasteiger partial charge in [0.15, 0.2) is 0 Å². The number of hydrogen-bond acceptors (Lipinski definition) is 2. The zero-order valence-corrected chi connectivity index (χ0v) is 12.3. The summed E-state index contributed by atoms with van der Waals surface area (Å²) in [6.45, 7) is 0.351. The molecule has 1 fully saturated rings. The van der Waals surface area contributed by atoms with Gasteiger partial charge in [0.25, 0.3) is 5.91 Å². The second-order valence-corrected chi connectivity index (χ2v) is 5.83. The molecule has 2 unspecified atom stereocenters. The second-order valence-electron chi connectivity index (χ2n) is 5.04. The topological polar surface area (TPSA) is 82.2 Å². The van der Waals surface area contributed by atoms with Gasteiger partial charge >= 0.3 is 5.97 Å². The SMILES string of the molecule is O=C(NCC1CCCCC1C(=O)O)c1cc(Cl)c(Cl)[nH]1. The number of carboxylic acids is 1. The molecule has 0 saturated heterocycles. The quantitative estimate of drug-likeness (QED) is 0.798. The Kier molecular flexibility index (Phi) is 4.94. The molecule has 2 atom stereocenters. The fourth-order valence-electron chi connectivity index (χ4n) is 2.62. The van der Waals surface area contributed by atoms with Crippen LogP contribution >= 0.6 is 23.2 Å². The lowest BCUT2D eigenvalue weighted by atomic mass is 9.79. The Balaban J connectivity index is 1.93. The first-order chi connectivity index (χ1) is 9.49. The average molecular weight is 319 g/mol. The van der Waals surface area contributed by atoms with E-state index >= 15 is 0 Å². The third-order valence-electron chi connectivity index (χ3n) is 3.72. The van der Waals surface area contributed by atoms with E-state index < -0.39 is 5.97 Å². The standard InChI is InChI=1S/C13H16Cl2N2O3/c14-9-5-10(17-11(9)15)12(18)16-6-7-3-1-2-4-8(7)13(19)20/h5,7-8,17H,1-4,6H2,(H,16,18)(H,19,20).